The van der Waals surface area contributed by atoms with Crippen molar-refractivity contribution >= 4 is 5.69 Å². The van der Waals surface area contributed by atoms with E-state index in [2.05, 4.69) is 16.8 Å². The van der Waals surface area contributed by atoms with Gasteiger partial charge in [0.1, 0.15) is 5.82 Å². The van der Waals surface area contributed by atoms with Crippen LogP contribution in [-0.4, -0.2) is 18.1 Å². The molecule has 0 bridgehead atoms. The molecule has 0 spiro atoms. The van der Waals surface area contributed by atoms with Crippen LogP contribution in [0.4, 0.5) is 10.1 Å². The van der Waals surface area contributed by atoms with E-state index in [4.69, 9.17) is 0 Å². The van der Waals surface area contributed by atoms with E-state index >= 15 is 0 Å². The smallest absolute Gasteiger partial charge is 0.143 e. The summed E-state index contributed by atoms with van der Waals surface area (Å²) in [5.41, 5.74) is 0.913. The van der Waals surface area contributed by atoms with Crippen molar-refractivity contribution in [1.29, 1.82) is 0 Å². The minimum Gasteiger partial charge on any atom is -0.370 e. The molecule has 1 aliphatic rings. The summed E-state index contributed by atoms with van der Waals surface area (Å²) in [6.45, 7) is 4.28. The first kappa shape index (κ1) is 9.44. The molecular weight excluding hydrogens is 179 g/mol. The highest BCUT2D eigenvalue weighted by Gasteiger charge is 2.16. The van der Waals surface area contributed by atoms with Crippen LogP contribution in [0.3, 0.4) is 0 Å². The molecule has 0 aromatic carbocycles. The number of aromatic nitrogens is 1. The van der Waals surface area contributed by atoms with Crippen LogP contribution >= 0.6 is 0 Å². The second-order valence-corrected chi connectivity index (χ2v) is 4.05. The average Bonchev–Trinajstić information content (AvgIpc) is 2.18. The van der Waals surface area contributed by atoms with Crippen molar-refractivity contribution in [3.05, 3.63) is 24.3 Å². The van der Waals surface area contributed by atoms with Crippen LogP contribution in [0.15, 0.2) is 18.5 Å². The molecule has 1 aromatic rings. The van der Waals surface area contributed by atoms with Gasteiger partial charge in [0.2, 0.25) is 0 Å². The molecule has 0 amide bonds. The molecule has 1 unspecified atom stereocenters. The zero-order chi connectivity index (χ0) is 9.97. The van der Waals surface area contributed by atoms with Crippen molar-refractivity contribution in [2.24, 2.45) is 5.92 Å². The molecule has 0 aliphatic carbocycles. The third-order valence-corrected chi connectivity index (χ3v) is 2.71. The van der Waals surface area contributed by atoms with E-state index in [-0.39, 0.29) is 5.82 Å². The zero-order valence-electron chi connectivity index (χ0n) is 8.41. The van der Waals surface area contributed by atoms with Gasteiger partial charge in [0.15, 0.2) is 0 Å². The van der Waals surface area contributed by atoms with Crippen LogP contribution in [0, 0.1) is 11.7 Å². The molecule has 76 valence electrons. The molecule has 1 fully saturated rings. The van der Waals surface area contributed by atoms with Gasteiger partial charge in [-0.15, -0.1) is 0 Å². The molecule has 3 heteroatoms. The number of piperidine rings is 1. The molecule has 2 heterocycles. The molecule has 2 nitrogen and oxygen atoms in total. The predicted molar refractivity (Wildman–Crippen MR) is 54.8 cm³/mol. The zero-order valence-corrected chi connectivity index (χ0v) is 8.41. The molecule has 1 atom stereocenters. The number of anilines is 1. The Morgan fingerprint density at radius 2 is 2.36 bits per heavy atom. The standard InChI is InChI=1S/C11H15FN2/c1-9-3-2-4-14(8-9)11-5-10(12)6-13-7-11/h5-7,9H,2-4,8H2,1H3. The van der Waals surface area contributed by atoms with E-state index in [0.717, 1.165) is 18.8 Å². The Labute approximate surface area is 83.8 Å². The summed E-state index contributed by atoms with van der Waals surface area (Å²) in [5.74, 6) is 0.452. The number of nitrogens with zero attached hydrogens (tertiary/aromatic N) is 2. The van der Waals surface area contributed by atoms with Crippen molar-refractivity contribution in [2.75, 3.05) is 18.0 Å². The minimum absolute atomic E-state index is 0.249. The highest BCUT2D eigenvalue weighted by Crippen LogP contribution is 2.22. The second-order valence-electron chi connectivity index (χ2n) is 4.05. The Hall–Kier alpha value is -1.12. The third kappa shape index (κ3) is 2.03. The maximum absolute atomic E-state index is 12.9. The van der Waals surface area contributed by atoms with Gasteiger partial charge in [-0.1, -0.05) is 6.92 Å². The number of halogens is 1. The molecular formula is C11H15FN2. The van der Waals surface area contributed by atoms with Crippen molar-refractivity contribution in [1.82, 2.24) is 4.98 Å². The van der Waals surface area contributed by atoms with E-state index < -0.39 is 0 Å². The third-order valence-electron chi connectivity index (χ3n) is 2.71. The Morgan fingerprint density at radius 1 is 1.50 bits per heavy atom. The van der Waals surface area contributed by atoms with Crippen LogP contribution in [0.1, 0.15) is 19.8 Å². The normalized spacial score (nSPS) is 22.4. The van der Waals surface area contributed by atoms with Gasteiger partial charge in [-0.3, -0.25) is 4.98 Å². The summed E-state index contributed by atoms with van der Waals surface area (Å²) < 4.78 is 12.9. The van der Waals surface area contributed by atoms with Gasteiger partial charge in [-0.05, 0) is 18.8 Å². The maximum atomic E-state index is 12.9. The van der Waals surface area contributed by atoms with Gasteiger partial charge in [-0.25, -0.2) is 4.39 Å². The van der Waals surface area contributed by atoms with Crippen molar-refractivity contribution < 1.29 is 4.39 Å². The van der Waals surface area contributed by atoms with E-state index in [1.807, 2.05) is 0 Å². The molecule has 1 aliphatic heterocycles. The Kier molecular flexibility index (Phi) is 2.66. The SMILES string of the molecule is CC1CCCN(c2cncc(F)c2)C1. The summed E-state index contributed by atoms with van der Waals surface area (Å²) in [6.07, 6.45) is 5.45. The summed E-state index contributed by atoms with van der Waals surface area (Å²) in [7, 11) is 0. The van der Waals surface area contributed by atoms with Crippen LogP contribution in [0.2, 0.25) is 0 Å². The van der Waals surface area contributed by atoms with Crippen molar-refractivity contribution in [3.8, 4) is 0 Å². The molecule has 0 N–H and O–H groups in total. The maximum Gasteiger partial charge on any atom is 0.143 e. The van der Waals surface area contributed by atoms with Crippen LogP contribution in [-0.2, 0) is 0 Å². The van der Waals surface area contributed by atoms with Crippen LogP contribution in [0.5, 0.6) is 0 Å². The molecule has 0 saturated carbocycles. The Morgan fingerprint density at radius 3 is 3.07 bits per heavy atom. The van der Waals surface area contributed by atoms with Crippen molar-refractivity contribution in [3.63, 3.8) is 0 Å². The quantitative estimate of drug-likeness (QED) is 0.682. The monoisotopic (exact) mass is 194 g/mol. The topological polar surface area (TPSA) is 16.1 Å². The lowest BCUT2D eigenvalue weighted by molar-refractivity contribution is 0.446. The largest absolute Gasteiger partial charge is 0.370 e. The number of pyridine rings is 1. The first-order valence-electron chi connectivity index (χ1n) is 5.11. The summed E-state index contributed by atoms with van der Waals surface area (Å²) in [4.78, 5) is 6.08. The second kappa shape index (κ2) is 3.95. The highest BCUT2D eigenvalue weighted by atomic mass is 19.1. The fourth-order valence-electron chi connectivity index (χ4n) is 2.00. The summed E-state index contributed by atoms with van der Waals surface area (Å²) in [6, 6.07) is 1.56. The lowest BCUT2D eigenvalue weighted by Crippen LogP contribution is -2.34. The molecule has 0 radical (unpaired) electrons. The van der Waals surface area contributed by atoms with Gasteiger partial charge < -0.3 is 4.90 Å². The van der Waals surface area contributed by atoms with E-state index in [0.29, 0.717) is 5.92 Å². The molecule has 1 saturated heterocycles. The van der Waals surface area contributed by atoms with Crippen molar-refractivity contribution in [2.45, 2.75) is 19.8 Å². The lowest BCUT2D eigenvalue weighted by atomic mass is 10.00. The van der Waals surface area contributed by atoms with E-state index in [1.54, 1.807) is 12.3 Å². The van der Waals surface area contributed by atoms with Gasteiger partial charge in [-0.2, -0.15) is 0 Å². The molecule has 1 aromatic heterocycles. The van der Waals surface area contributed by atoms with Gasteiger partial charge >= 0.3 is 0 Å². The number of hydrogen-bond donors (Lipinski definition) is 0. The van der Waals surface area contributed by atoms with E-state index in [1.165, 1.54) is 19.0 Å². The van der Waals surface area contributed by atoms with Gasteiger partial charge in [0.05, 0.1) is 18.1 Å². The molecule has 2 rings (SSSR count). The predicted octanol–water partition coefficient (Wildman–Crippen LogP) is 2.46. The van der Waals surface area contributed by atoms with Gasteiger partial charge in [0.25, 0.3) is 0 Å². The number of hydrogen-bond acceptors (Lipinski definition) is 2. The fraction of sp³-hybridized carbons (Fsp3) is 0.545. The average molecular weight is 194 g/mol. The first-order valence-corrected chi connectivity index (χ1v) is 5.11. The van der Waals surface area contributed by atoms with Crippen LogP contribution < -0.4 is 4.90 Å². The van der Waals surface area contributed by atoms with E-state index in [9.17, 15) is 4.39 Å². The highest BCUT2D eigenvalue weighted by molar-refractivity contribution is 5.44. The van der Waals surface area contributed by atoms with Gasteiger partial charge in [0, 0.05) is 19.2 Å². The Bertz CT molecular complexity index is 314. The number of rotatable bonds is 1. The fourth-order valence-corrected chi connectivity index (χ4v) is 2.00. The molecule has 14 heavy (non-hydrogen) atoms. The summed E-state index contributed by atoms with van der Waals surface area (Å²) >= 11 is 0. The minimum atomic E-state index is -0.249. The van der Waals surface area contributed by atoms with Crippen LogP contribution in [0.25, 0.3) is 0 Å². The summed E-state index contributed by atoms with van der Waals surface area (Å²) in [5, 5.41) is 0. The lowest BCUT2D eigenvalue weighted by Gasteiger charge is -2.32. The Balaban J connectivity index is 2.14. The first-order chi connectivity index (χ1) is 6.75.